The molecule has 3 rings (SSSR count). The van der Waals surface area contributed by atoms with Gasteiger partial charge in [0.05, 0.1) is 10.9 Å². The number of thiophene rings is 1. The first-order chi connectivity index (χ1) is 11.1. The molecule has 0 fully saturated rings. The molecule has 1 amide bonds. The smallest absolute Gasteiger partial charge is 0.231 e. The molecule has 0 radical (unpaired) electrons. The molecule has 5 nitrogen and oxygen atoms in total. The quantitative estimate of drug-likeness (QED) is 0.825. The highest BCUT2D eigenvalue weighted by Crippen LogP contribution is 2.34. The molecule has 1 unspecified atom stereocenters. The van der Waals surface area contributed by atoms with Crippen molar-refractivity contribution in [3.63, 3.8) is 0 Å². The zero-order valence-corrected chi connectivity index (χ0v) is 13.5. The van der Waals surface area contributed by atoms with Gasteiger partial charge in [-0.15, -0.1) is 11.3 Å². The van der Waals surface area contributed by atoms with Gasteiger partial charge in [0, 0.05) is 12.8 Å². The van der Waals surface area contributed by atoms with Crippen molar-refractivity contribution in [2.24, 2.45) is 0 Å². The maximum Gasteiger partial charge on any atom is 0.231 e. The van der Waals surface area contributed by atoms with E-state index in [1.54, 1.807) is 6.07 Å². The fourth-order valence-corrected chi connectivity index (χ4v) is 3.06. The third-order valence-corrected chi connectivity index (χ3v) is 4.56. The molecule has 1 N–H and O–H groups in total. The second-order valence-corrected chi connectivity index (χ2v) is 6.25. The minimum absolute atomic E-state index is 0.00545. The first kappa shape index (κ1) is 15.6. The van der Waals surface area contributed by atoms with Crippen LogP contribution in [0.3, 0.4) is 0 Å². The van der Waals surface area contributed by atoms with Gasteiger partial charge >= 0.3 is 0 Å². The molecule has 2 aromatic rings. The molecule has 23 heavy (non-hydrogen) atoms. The summed E-state index contributed by atoms with van der Waals surface area (Å²) in [7, 11) is 0. The number of Topliss-reactive ketones (excluding diaryl/α,β-unsaturated/α-hetero) is 1. The molecule has 0 bridgehead atoms. The standard InChI is InChI=1S/C17H17NO4S/c1-11(12-4-6-14-15(9-12)22-10-21-14)18-17(20)7-5-13(19)16-3-2-8-23-16/h2-4,6,8-9,11H,5,7,10H2,1H3,(H,18,20). The van der Waals surface area contributed by atoms with Crippen molar-refractivity contribution in [1.82, 2.24) is 5.32 Å². The number of hydrogen-bond acceptors (Lipinski definition) is 5. The van der Waals surface area contributed by atoms with Gasteiger partial charge < -0.3 is 14.8 Å². The summed E-state index contributed by atoms with van der Waals surface area (Å²) < 4.78 is 10.6. The highest BCUT2D eigenvalue weighted by molar-refractivity contribution is 7.12. The number of carbonyl (C=O) groups is 2. The predicted molar refractivity (Wildman–Crippen MR) is 87.0 cm³/mol. The molecule has 1 atom stereocenters. The Bertz CT molecular complexity index is 711. The van der Waals surface area contributed by atoms with Crippen molar-refractivity contribution in [3.8, 4) is 11.5 Å². The largest absolute Gasteiger partial charge is 0.454 e. The first-order valence-electron chi connectivity index (χ1n) is 7.39. The summed E-state index contributed by atoms with van der Waals surface area (Å²) in [5, 5.41) is 4.76. The van der Waals surface area contributed by atoms with Crippen molar-refractivity contribution in [3.05, 3.63) is 46.2 Å². The number of rotatable bonds is 6. The Balaban J connectivity index is 1.52. The van der Waals surface area contributed by atoms with E-state index >= 15 is 0 Å². The van der Waals surface area contributed by atoms with Gasteiger partial charge in [0.1, 0.15) is 0 Å². The number of amides is 1. The lowest BCUT2D eigenvalue weighted by molar-refractivity contribution is -0.121. The van der Waals surface area contributed by atoms with Crippen LogP contribution in [-0.4, -0.2) is 18.5 Å². The molecule has 0 saturated heterocycles. The van der Waals surface area contributed by atoms with Crippen molar-refractivity contribution >= 4 is 23.0 Å². The topological polar surface area (TPSA) is 64.6 Å². The number of carbonyl (C=O) groups excluding carboxylic acids is 2. The Morgan fingerprint density at radius 1 is 1.22 bits per heavy atom. The molecule has 2 heterocycles. The van der Waals surface area contributed by atoms with E-state index < -0.39 is 0 Å². The fraction of sp³-hybridized carbons (Fsp3) is 0.294. The second-order valence-electron chi connectivity index (χ2n) is 5.30. The molecule has 1 aliphatic rings. The van der Waals surface area contributed by atoms with E-state index in [0.717, 1.165) is 5.56 Å². The van der Waals surface area contributed by atoms with E-state index in [-0.39, 0.29) is 37.4 Å². The molecule has 120 valence electrons. The number of benzene rings is 1. The molecule has 1 aromatic heterocycles. The number of ether oxygens (including phenoxy) is 2. The zero-order chi connectivity index (χ0) is 16.2. The molecule has 1 aliphatic heterocycles. The van der Waals surface area contributed by atoms with Gasteiger partial charge in [-0.05, 0) is 36.1 Å². The molecule has 0 aliphatic carbocycles. The van der Waals surface area contributed by atoms with Gasteiger partial charge in [-0.1, -0.05) is 12.1 Å². The Hall–Kier alpha value is -2.34. The van der Waals surface area contributed by atoms with Gasteiger partial charge in [-0.25, -0.2) is 0 Å². The van der Waals surface area contributed by atoms with E-state index in [1.165, 1.54) is 11.3 Å². The highest BCUT2D eigenvalue weighted by atomic mass is 32.1. The van der Waals surface area contributed by atoms with Crippen LogP contribution in [0.1, 0.15) is 41.0 Å². The summed E-state index contributed by atoms with van der Waals surface area (Å²) in [5.41, 5.74) is 0.937. The number of nitrogens with one attached hydrogen (secondary N) is 1. The van der Waals surface area contributed by atoms with E-state index in [0.29, 0.717) is 16.4 Å². The maximum absolute atomic E-state index is 12.0. The number of fused-ring (bicyclic) bond motifs is 1. The minimum atomic E-state index is -0.158. The highest BCUT2D eigenvalue weighted by Gasteiger charge is 2.17. The lowest BCUT2D eigenvalue weighted by Crippen LogP contribution is -2.26. The Morgan fingerprint density at radius 3 is 2.83 bits per heavy atom. The van der Waals surface area contributed by atoms with Crippen molar-refractivity contribution in [2.75, 3.05) is 6.79 Å². The lowest BCUT2D eigenvalue weighted by Gasteiger charge is -2.14. The van der Waals surface area contributed by atoms with E-state index in [2.05, 4.69) is 5.32 Å². The first-order valence-corrected chi connectivity index (χ1v) is 8.27. The third kappa shape index (κ3) is 3.71. The number of ketones is 1. The van der Waals surface area contributed by atoms with Crippen LogP contribution in [0.4, 0.5) is 0 Å². The SMILES string of the molecule is CC(NC(=O)CCC(=O)c1cccs1)c1ccc2c(c1)OCO2. The Kier molecular flexibility index (Phi) is 4.62. The summed E-state index contributed by atoms with van der Waals surface area (Å²) in [4.78, 5) is 24.6. The van der Waals surface area contributed by atoms with Crippen LogP contribution in [0.25, 0.3) is 0 Å². The zero-order valence-electron chi connectivity index (χ0n) is 12.7. The Labute approximate surface area is 138 Å². The van der Waals surface area contributed by atoms with E-state index in [1.807, 2.05) is 36.6 Å². The van der Waals surface area contributed by atoms with E-state index in [9.17, 15) is 9.59 Å². The number of hydrogen-bond donors (Lipinski definition) is 1. The average molecular weight is 331 g/mol. The molecular formula is C17H17NO4S. The van der Waals surface area contributed by atoms with Gasteiger partial charge in [0.15, 0.2) is 17.3 Å². The van der Waals surface area contributed by atoms with Crippen molar-refractivity contribution in [2.45, 2.75) is 25.8 Å². The van der Waals surface area contributed by atoms with Gasteiger partial charge in [0.25, 0.3) is 0 Å². The monoisotopic (exact) mass is 331 g/mol. The molecule has 6 heteroatoms. The van der Waals surface area contributed by atoms with E-state index in [4.69, 9.17) is 9.47 Å². The van der Waals surface area contributed by atoms with Gasteiger partial charge in [0.2, 0.25) is 12.7 Å². The summed E-state index contributed by atoms with van der Waals surface area (Å²) in [5.74, 6) is 1.27. The average Bonchev–Trinajstić information content (AvgIpc) is 3.22. The van der Waals surface area contributed by atoms with Crippen molar-refractivity contribution in [1.29, 1.82) is 0 Å². The van der Waals surface area contributed by atoms with Crippen LogP contribution < -0.4 is 14.8 Å². The molecule has 0 saturated carbocycles. The van der Waals surface area contributed by atoms with Gasteiger partial charge in [-0.3, -0.25) is 9.59 Å². The van der Waals surface area contributed by atoms with Crippen LogP contribution in [0, 0.1) is 0 Å². The minimum Gasteiger partial charge on any atom is -0.454 e. The molecular weight excluding hydrogens is 314 g/mol. The normalized spacial score (nSPS) is 13.6. The molecule has 0 spiro atoms. The van der Waals surface area contributed by atoms with Crippen LogP contribution in [-0.2, 0) is 4.79 Å². The second kappa shape index (κ2) is 6.83. The molecule has 1 aromatic carbocycles. The Morgan fingerprint density at radius 2 is 2.04 bits per heavy atom. The van der Waals surface area contributed by atoms with Crippen molar-refractivity contribution < 1.29 is 19.1 Å². The lowest BCUT2D eigenvalue weighted by atomic mass is 10.1. The summed E-state index contributed by atoms with van der Waals surface area (Å²) in [6, 6.07) is 9.05. The van der Waals surface area contributed by atoms with Gasteiger partial charge in [-0.2, -0.15) is 0 Å². The summed E-state index contributed by atoms with van der Waals surface area (Å²) in [6.07, 6.45) is 0.409. The maximum atomic E-state index is 12.0. The fourth-order valence-electron chi connectivity index (χ4n) is 2.37. The van der Waals surface area contributed by atoms with Crippen LogP contribution in [0.5, 0.6) is 11.5 Å². The predicted octanol–water partition coefficient (Wildman–Crippen LogP) is 3.32. The van der Waals surface area contributed by atoms with Crippen LogP contribution >= 0.6 is 11.3 Å². The van der Waals surface area contributed by atoms with Crippen LogP contribution in [0.2, 0.25) is 0 Å². The summed E-state index contributed by atoms with van der Waals surface area (Å²) >= 11 is 1.40. The summed E-state index contributed by atoms with van der Waals surface area (Å²) in [6.45, 7) is 2.13. The van der Waals surface area contributed by atoms with Crippen LogP contribution in [0.15, 0.2) is 35.7 Å². The third-order valence-electron chi connectivity index (χ3n) is 3.65.